The minimum absolute atomic E-state index is 0.0804. The highest BCUT2D eigenvalue weighted by Crippen LogP contribution is 2.30. The summed E-state index contributed by atoms with van der Waals surface area (Å²) in [6, 6.07) is 12.6. The molecule has 0 spiro atoms. The van der Waals surface area contributed by atoms with Crippen LogP contribution in [0.2, 0.25) is 0 Å². The number of ether oxygens (including phenoxy) is 1. The molecule has 1 heterocycles. The number of halogens is 3. The number of hydrogen-bond donors (Lipinski definition) is 1. The van der Waals surface area contributed by atoms with Gasteiger partial charge < -0.3 is 10.1 Å². The van der Waals surface area contributed by atoms with Gasteiger partial charge in [0.2, 0.25) is 11.8 Å². The van der Waals surface area contributed by atoms with Crippen molar-refractivity contribution in [2.75, 3.05) is 0 Å². The minimum Gasteiger partial charge on any atom is -0.474 e. The van der Waals surface area contributed by atoms with Crippen LogP contribution < -0.4 is 10.1 Å². The van der Waals surface area contributed by atoms with Crippen molar-refractivity contribution in [3.05, 3.63) is 59.8 Å². The van der Waals surface area contributed by atoms with E-state index in [4.69, 9.17) is 4.74 Å². The quantitative estimate of drug-likeness (QED) is 0.588. The summed E-state index contributed by atoms with van der Waals surface area (Å²) in [4.78, 5) is 15.9. The van der Waals surface area contributed by atoms with Gasteiger partial charge in [-0.2, -0.15) is 13.2 Å². The summed E-state index contributed by atoms with van der Waals surface area (Å²) in [6.07, 6.45) is 2.71. The lowest BCUT2D eigenvalue weighted by molar-refractivity contribution is -0.137. The lowest BCUT2D eigenvalue weighted by atomic mass is 9.92. The Morgan fingerprint density at radius 3 is 2.40 bits per heavy atom. The predicted octanol–water partition coefficient (Wildman–Crippen LogP) is 5.32. The number of unbranched alkanes of at least 4 members (excludes halogenated alkanes) is 1. The van der Waals surface area contributed by atoms with Crippen LogP contribution in [0.3, 0.4) is 0 Å². The van der Waals surface area contributed by atoms with Crippen LogP contribution in [-0.2, 0) is 17.4 Å². The van der Waals surface area contributed by atoms with Gasteiger partial charge in [-0.1, -0.05) is 30.3 Å². The van der Waals surface area contributed by atoms with Crippen LogP contribution in [-0.4, -0.2) is 23.0 Å². The first-order valence-electron chi connectivity index (χ1n) is 10.4. The molecule has 0 unspecified atom stereocenters. The largest absolute Gasteiger partial charge is 0.474 e. The Balaban J connectivity index is 1.31. The number of nitrogens with one attached hydrogen (secondary N) is 1. The summed E-state index contributed by atoms with van der Waals surface area (Å²) >= 11 is 0. The average Bonchev–Trinajstić information content (AvgIpc) is 2.73. The Hall–Kier alpha value is -2.57. The normalized spacial score (nSPS) is 19.3. The smallest absolute Gasteiger partial charge is 0.417 e. The second-order valence-corrected chi connectivity index (χ2v) is 7.73. The highest BCUT2D eigenvalue weighted by Gasteiger charge is 2.31. The molecule has 2 aromatic rings. The van der Waals surface area contributed by atoms with Gasteiger partial charge in [-0.3, -0.25) is 4.79 Å². The van der Waals surface area contributed by atoms with E-state index in [0.717, 1.165) is 57.2 Å². The van der Waals surface area contributed by atoms with E-state index in [9.17, 15) is 18.0 Å². The maximum atomic E-state index is 12.6. The fourth-order valence-electron chi connectivity index (χ4n) is 3.67. The van der Waals surface area contributed by atoms with Gasteiger partial charge in [0.1, 0.15) is 6.10 Å². The second-order valence-electron chi connectivity index (χ2n) is 7.73. The van der Waals surface area contributed by atoms with Crippen molar-refractivity contribution in [2.24, 2.45) is 0 Å². The Morgan fingerprint density at radius 1 is 1.03 bits per heavy atom. The zero-order valence-corrected chi connectivity index (χ0v) is 16.8. The molecular weight excluding hydrogens is 393 g/mol. The molecular formula is C23H27F3N2O2. The predicted molar refractivity (Wildman–Crippen MR) is 108 cm³/mol. The van der Waals surface area contributed by atoms with Gasteiger partial charge in [-0.05, 0) is 56.6 Å². The summed E-state index contributed by atoms with van der Waals surface area (Å²) in [5.41, 5.74) is 0.504. The van der Waals surface area contributed by atoms with Crippen molar-refractivity contribution >= 4 is 5.91 Å². The van der Waals surface area contributed by atoms with Crippen LogP contribution in [0.15, 0.2) is 48.7 Å². The Kier molecular flexibility index (Phi) is 7.71. The van der Waals surface area contributed by atoms with E-state index in [2.05, 4.69) is 22.4 Å². The number of nitrogens with zero attached hydrogens (tertiary/aromatic N) is 1. The fourth-order valence-corrected chi connectivity index (χ4v) is 3.67. The second kappa shape index (κ2) is 10.5. The maximum absolute atomic E-state index is 12.6. The molecule has 1 aliphatic carbocycles. The number of alkyl halides is 3. The molecule has 0 aliphatic heterocycles. The van der Waals surface area contributed by atoms with Gasteiger partial charge in [0, 0.05) is 24.7 Å². The van der Waals surface area contributed by atoms with Gasteiger partial charge in [-0.15, -0.1) is 0 Å². The molecule has 1 N–H and O–H groups in total. The molecule has 3 rings (SSSR count). The van der Waals surface area contributed by atoms with Crippen molar-refractivity contribution < 1.29 is 22.7 Å². The van der Waals surface area contributed by atoms with Crippen LogP contribution in [0.1, 0.15) is 56.1 Å². The third kappa shape index (κ3) is 7.04. The maximum Gasteiger partial charge on any atom is 0.417 e. The van der Waals surface area contributed by atoms with E-state index < -0.39 is 11.7 Å². The summed E-state index contributed by atoms with van der Waals surface area (Å²) in [5, 5.41) is 3.09. The molecule has 1 saturated carbocycles. The molecule has 0 bridgehead atoms. The van der Waals surface area contributed by atoms with Gasteiger partial charge in [-0.25, -0.2) is 4.98 Å². The topological polar surface area (TPSA) is 51.2 Å². The van der Waals surface area contributed by atoms with Crippen LogP contribution in [0.25, 0.3) is 0 Å². The number of carbonyl (C=O) groups is 1. The lowest BCUT2D eigenvalue weighted by Gasteiger charge is -2.29. The van der Waals surface area contributed by atoms with Gasteiger partial charge in [0.15, 0.2) is 0 Å². The number of benzene rings is 1. The van der Waals surface area contributed by atoms with Crippen molar-refractivity contribution in [1.29, 1.82) is 0 Å². The highest BCUT2D eigenvalue weighted by atomic mass is 19.4. The van der Waals surface area contributed by atoms with Crippen molar-refractivity contribution in [3.8, 4) is 5.88 Å². The van der Waals surface area contributed by atoms with E-state index in [1.807, 2.05) is 18.2 Å². The summed E-state index contributed by atoms with van der Waals surface area (Å²) in [5.74, 6) is 0.283. The zero-order chi connectivity index (χ0) is 21.4. The SMILES string of the molecule is O=C(CCCCc1ccccc1)NC1CCC(Oc2ccc(C(F)(F)F)cn2)CC1. The van der Waals surface area contributed by atoms with E-state index in [-0.39, 0.29) is 23.9 Å². The van der Waals surface area contributed by atoms with Crippen molar-refractivity contribution in [3.63, 3.8) is 0 Å². The first-order chi connectivity index (χ1) is 14.4. The number of rotatable bonds is 8. The van der Waals surface area contributed by atoms with Crippen molar-refractivity contribution in [2.45, 2.75) is 69.7 Å². The number of hydrogen-bond acceptors (Lipinski definition) is 3. The van der Waals surface area contributed by atoms with Gasteiger partial charge >= 0.3 is 6.18 Å². The third-order valence-electron chi connectivity index (χ3n) is 5.35. The number of aryl methyl sites for hydroxylation is 1. The minimum atomic E-state index is -4.40. The Bertz CT molecular complexity index is 786. The number of carbonyl (C=O) groups excluding carboxylic acids is 1. The molecule has 1 fully saturated rings. The highest BCUT2D eigenvalue weighted by molar-refractivity contribution is 5.76. The van der Waals surface area contributed by atoms with Crippen LogP contribution >= 0.6 is 0 Å². The third-order valence-corrected chi connectivity index (χ3v) is 5.35. The molecule has 4 nitrogen and oxygen atoms in total. The summed E-state index contributed by atoms with van der Waals surface area (Å²) < 4.78 is 43.5. The monoisotopic (exact) mass is 420 g/mol. The first kappa shape index (κ1) is 22.1. The fraction of sp³-hybridized carbons (Fsp3) is 0.478. The number of amides is 1. The van der Waals surface area contributed by atoms with Crippen molar-refractivity contribution in [1.82, 2.24) is 10.3 Å². The molecule has 162 valence electrons. The molecule has 0 saturated heterocycles. The van der Waals surface area contributed by atoms with E-state index >= 15 is 0 Å². The Morgan fingerprint density at radius 2 is 1.77 bits per heavy atom. The molecule has 7 heteroatoms. The Labute approximate surface area is 174 Å². The lowest BCUT2D eigenvalue weighted by Crippen LogP contribution is -2.39. The van der Waals surface area contributed by atoms with Crippen LogP contribution in [0, 0.1) is 0 Å². The standard InChI is InChI=1S/C23H27F3N2O2/c24-23(25,26)18-10-15-22(27-16-18)30-20-13-11-19(12-14-20)28-21(29)9-5-4-8-17-6-2-1-3-7-17/h1-3,6-7,10,15-16,19-20H,4-5,8-9,11-14H2,(H,28,29). The molecule has 1 aromatic heterocycles. The molecule has 1 aliphatic rings. The zero-order valence-electron chi connectivity index (χ0n) is 16.8. The summed E-state index contributed by atoms with van der Waals surface area (Å²) in [7, 11) is 0. The van der Waals surface area contributed by atoms with Gasteiger partial charge in [0.05, 0.1) is 5.56 Å². The van der Waals surface area contributed by atoms with Gasteiger partial charge in [0.25, 0.3) is 0 Å². The van der Waals surface area contributed by atoms with E-state index in [0.29, 0.717) is 6.42 Å². The van der Waals surface area contributed by atoms with Crippen LogP contribution in [0.4, 0.5) is 13.2 Å². The molecule has 0 atom stereocenters. The summed E-state index contributed by atoms with van der Waals surface area (Å²) in [6.45, 7) is 0. The van der Waals surface area contributed by atoms with E-state index in [1.54, 1.807) is 0 Å². The van der Waals surface area contributed by atoms with Crippen LogP contribution in [0.5, 0.6) is 5.88 Å². The molecule has 30 heavy (non-hydrogen) atoms. The first-order valence-corrected chi connectivity index (χ1v) is 10.4. The number of pyridine rings is 1. The number of aromatic nitrogens is 1. The molecule has 1 amide bonds. The van der Waals surface area contributed by atoms with E-state index in [1.165, 1.54) is 11.6 Å². The average molecular weight is 420 g/mol. The molecule has 1 aromatic carbocycles. The molecule has 0 radical (unpaired) electrons.